The number of hydrogen-bond acceptors (Lipinski definition) is 3. The summed E-state index contributed by atoms with van der Waals surface area (Å²) >= 11 is 0. The van der Waals surface area contributed by atoms with Crippen LogP contribution < -0.4 is 0 Å². The van der Waals surface area contributed by atoms with E-state index < -0.39 is 5.60 Å². The van der Waals surface area contributed by atoms with Crippen LogP contribution in [0.1, 0.15) is 65.2 Å². The number of ketones is 1. The van der Waals surface area contributed by atoms with E-state index in [4.69, 9.17) is 0 Å². The van der Waals surface area contributed by atoms with Crippen molar-refractivity contribution < 1.29 is 15.0 Å². The summed E-state index contributed by atoms with van der Waals surface area (Å²) in [6, 6.07) is 0. The maximum atomic E-state index is 12.2. The molecule has 0 aromatic rings. The van der Waals surface area contributed by atoms with Crippen LogP contribution in [0.2, 0.25) is 0 Å². The van der Waals surface area contributed by atoms with Crippen molar-refractivity contribution in [3.05, 3.63) is 0 Å². The van der Waals surface area contributed by atoms with Gasteiger partial charge in [-0.1, -0.05) is 13.8 Å². The molecule has 0 heterocycles. The molecule has 5 fully saturated rings. The Morgan fingerprint density at radius 1 is 1.23 bits per heavy atom. The molecule has 0 aliphatic heterocycles. The summed E-state index contributed by atoms with van der Waals surface area (Å²) in [6.45, 7) is 4.50. The Bertz CT molecular complexity index is 503. The van der Waals surface area contributed by atoms with Gasteiger partial charge in [-0.3, -0.25) is 4.79 Å². The second-order valence-electron chi connectivity index (χ2n) is 9.23. The fourth-order valence-electron chi connectivity index (χ4n) is 7.34. The predicted octanol–water partition coefficient (Wildman–Crippen LogP) is 2.93. The Balaban J connectivity index is 1.71. The normalized spacial score (nSPS) is 57.4. The minimum absolute atomic E-state index is 0.0822. The van der Waals surface area contributed by atoms with Crippen LogP contribution in [0, 0.1) is 34.5 Å². The minimum Gasteiger partial charge on any atom is -0.393 e. The van der Waals surface area contributed by atoms with Crippen molar-refractivity contribution in [3.8, 4) is 0 Å². The van der Waals surface area contributed by atoms with Crippen LogP contribution in [0.25, 0.3) is 0 Å². The zero-order valence-electron chi connectivity index (χ0n) is 14.0. The topological polar surface area (TPSA) is 57.5 Å². The lowest BCUT2D eigenvalue weighted by Gasteiger charge is -2.68. The van der Waals surface area contributed by atoms with Crippen molar-refractivity contribution in [2.75, 3.05) is 6.61 Å². The first-order chi connectivity index (χ1) is 10.3. The minimum atomic E-state index is -0.839. The molecule has 0 saturated heterocycles. The molecule has 0 amide bonds. The number of fused-ring (bicyclic) bond motifs is 3. The molecule has 22 heavy (non-hydrogen) atoms. The second-order valence-corrected chi connectivity index (χ2v) is 9.23. The molecule has 3 nitrogen and oxygen atoms in total. The van der Waals surface area contributed by atoms with Gasteiger partial charge in [0.05, 0.1) is 12.2 Å². The molecule has 2 bridgehead atoms. The molecule has 0 unspecified atom stereocenters. The summed E-state index contributed by atoms with van der Waals surface area (Å²) in [5.41, 5.74) is -0.354. The third kappa shape index (κ3) is 1.73. The summed E-state index contributed by atoms with van der Waals surface area (Å²) < 4.78 is 0. The van der Waals surface area contributed by atoms with Crippen LogP contribution in [0.4, 0.5) is 0 Å². The summed E-state index contributed by atoms with van der Waals surface area (Å²) in [7, 11) is 0. The molecule has 0 aromatic carbocycles. The maximum absolute atomic E-state index is 12.2. The smallest absolute Gasteiger partial charge is 0.136 e. The number of carbonyl (C=O) groups is 1. The van der Waals surface area contributed by atoms with Crippen LogP contribution in [0.3, 0.4) is 0 Å². The summed E-state index contributed by atoms with van der Waals surface area (Å²) in [6.07, 6.45) is 8.20. The van der Waals surface area contributed by atoms with Gasteiger partial charge in [0.25, 0.3) is 0 Å². The SMILES string of the molecule is C[C@H]1C(=O)CC[C@]2(C)[C@@H]1CC[C@@]13CC[C@@H](C[C@H]12)[C@](O)(CO)C3. The van der Waals surface area contributed by atoms with Crippen molar-refractivity contribution in [3.63, 3.8) is 0 Å². The van der Waals surface area contributed by atoms with Gasteiger partial charge in [0.15, 0.2) is 0 Å². The van der Waals surface area contributed by atoms with Crippen molar-refractivity contribution in [2.24, 2.45) is 34.5 Å². The Kier molecular flexibility index (Phi) is 3.14. The summed E-state index contributed by atoms with van der Waals surface area (Å²) in [4.78, 5) is 12.2. The maximum Gasteiger partial charge on any atom is 0.136 e. The van der Waals surface area contributed by atoms with Crippen LogP contribution in [-0.2, 0) is 4.79 Å². The molecular formula is C19H30O3. The van der Waals surface area contributed by atoms with Gasteiger partial charge in [0, 0.05) is 12.3 Å². The van der Waals surface area contributed by atoms with E-state index in [9.17, 15) is 15.0 Å². The van der Waals surface area contributed by atoms with E-state index in [1.54, 1.807) is 0 Å². The lowest BCUT2D eigenvalue weighted by molar-refractivity contribution is -0.234. The molecule has 124 valence electrons. The van der Waals surface area contributed by atoms with Crippen molar-refractivity contribution in [1.82, 2.24) is 0 Å². The highest BCUT2D eigenvalue weighted by molar-refractivity contribution is 5.82. The van der Waals surface area contributed by atoms with E-state index in [1.165, 1.54) is 6.42 Å². The first-order valence-corrected chi connectivity index (χ1v) is 9.21. The predicted molar refractivity (Wildman–Crippen MR) is 84.2 cm³/mol. The highest BCUT2D eigenvalue weighted by Crippen LogP contribution is 2.70. The highest BCUT2D eigenvalue weighted by Gasteiger charge is 2.66. The number of hydrogen-bond donors (Lipinski definition) is 2. The lowest BCUT2D eigenvalue weighted by atomic mass is 9.37. The quantitative estimate of drug-likeness (QED) is 0.783. The zero-order chi connectivity index (χ0) is 15.8. The standard InChI is InChI=1S/C19H30O3/c1-12-14-4-8-18-7-3-13(19(22,10-18)11-20)9-16(18)17(14,2)6-5-15(12)21/h12-14,16,20,22H,3-11H2,1-2H3/t12-,13+,14-,16+,17-,18-,19-/m1/s1. The van der Waals surface area contributed by atoms with Crippen LogP contribution in [-0.4, -0.2) is 28.2 Å². The van der Waals surface area contributed by atoms with Gasteiger partial charge in [-0.25, -0.2) is 0 Å². The van der Waals surface area contributed by atoms with Gasteiger partial charge in [0.1, 0.15) is 5.78 Å². The molecule has 0 aromatic heterocycles. The summed E-state index contributed by atoms with van der Waals surface area (Å²) in [5.74, 6) is 2.11. The van der Waals surface area contributed by atoms with E-state index in [1.807, 2.05) is 0 Å². The molecule has 3 heteroatoms. The van der Waals surface area contributed by atoms with Crippen molar-refractivity contribution in [2.45, 2.75) is 70.8 Å². The van der Waals surface area contributed by atoms with E-state index in [2.05, 4.69) is 13.8 Å². The monoisotopic (exact) mass is 306 g/mol. The average molecular weight is 306 g/mol. The number of aliphatic hydroxyl groups excluding tert-OH is 1. The second kappa shape index (κ2) is 4.57. The van der Waals surface area contributed by atoms with Crippen LogP contribution >= 0.6 is 0 Å². The molecule has 5 aliphatic rings. The van der Waals surface area contributed by atoms with Gasteiger partial charge >= 0.3 is 0 Å². The zero-order valence-corrected chi connectivity index (χ0v) is 14.0. The Labute approximate surface area is 133 Å². The molecule has 5 saturated carbocycles. The first-order valence-electron chi connectivity index (χ1n) is 9.21. The molecular weight excluding hydrogens is 276 g/mol. The Morgan fingerprint density at radius 3 is 2.68 bits per heavy atom. The Hall–Kier alpha value is -0.410. The van der Waals surface area contributed by atoms with Crippen molar-refractivity contribution in [1.29, 1.82) is 0 Å². The van der Waals surface area contributed by atoms with Gasteiger partial charge in [-0.2, -0.15) is 0 Å². The number of rotatable bonds is 1. The van der Waals surface area contributed by atoms with Gasteiger partial charge in [-0.05, 0) is 73.5 Å². The third-order valence-corrected chi connectivity index (χ3v) is 8.56. The van der Waals surface area contributed by atoms with E-state index in [0.717, 1.165) is 44.9 Å². The molecule has 5 rings (SSSR count). The lowest BCUT2D eigenvalue weighted by Crippen LogP contribution is -2.65. The number of aliphatic hydroxyl groups is 2. The van der Waals surface area contributed by atoms with Gasteiger partial charge in [-0.15, -0.1) is 0 Å². The first kappa shape index (κ1) is 15.1. The fraction of sp³-hybridized carbons (Fsp3) is 0.947. The molecule has 0 radical (unpaired) electrons. The van der Waals surface area contributed by atoms with E-state index >= 15 is 0 Å². The largest absolute Gasteiger partial charge is 0.393 e. The fourth-order valence-corrected chi connectivity index (χ4v) is 7.34. The van der Waals surface area contributed by atoms with E-state index in [-0.39, 0.29) is 29.3 Å². The van der Waals surface area contributed by atoms with E-state index in [0.29, 0.717) is 17.6 Å². The average Bonchev–Trinajstić information content (AvgIpc) is 2.51. The van der Waals surface area contributed by atoms with Crippen LogP contribution in [0.5, 0.6) is 0 Å². The highest BCUT2D eigenvalue weighted by atomic mass is 16.3. The molecule has 2 N–H and O–H groups in total. The van der Waals surface area contributed by atoms with Gasteiger partial charge in [0.2, 0.25) is 0 Å². The number of Topliss-reactive ketones (excluding diaryl/α,β-unsaturated/α-hetero) is 1. The Morgan fingerprint density at radius 2 is 1.95 bits per heavy atom. The van der Waals surface area contributed by atoms with Gasteiger partial charge < -0.3 is 10.2 Å². The van der Waals surface area contributed by atoms with Crippen molar-refractivity contribution >= 4 is 5.78 Å². The van der Waals surface area contributed by atoms with Crippen LogP contribution in [0.15, 0.2) is 0 Å². The molecule has 1 spiro atoms. The number of carbonyl (C=O) groups excluding carboxylic acids is 1. The summed E-state index contributed by atoms with van der Waals surface area (Å²) in [5, 5.41) is 20.6. The molecule has 7 atom stereocenters. The molecule has 5 aliphatic carbocycles. The third-order valence-electron chi connectivity index (χ3n) is 8.56.